The Morgan fingerprint density at radius 2 is 2.25 bits per heavy atom. The first-order valence-electron chi connectivity index (χ1n) is 8.09. The first-order valence-corrected chi connectivity index (χ1v) is 10.6. The summed E-state index contributed by atoms with van der Waals surface area (Å²) < 4.78 is 26.1. The van der Waals surface area contributed by atoms with Gasteiger partial charge in [0.15, 0.2) is 5.96 Å². The molecule has 0 aliphatic carbocycles. The summed E-state index contributed by atoms with van der Waals surface area (Å²) in [6.07, 6.45) is 1.15. The Hall–Kier alpha value is -1.25. The molecule has 2 rings (SSSR count). The van der Waals surface area contributed by atoms with Gasteiger partial charge in [-0.1, -0.05) is 19.1 Å². The van der Waals surface area contributed by atoms with E-state index in [1.54, 1.807) is 25.2 Å². The van der Waals surface area contributed by atoms with E-state index in [0.717, 1.165) is 36.8 Å². The van der Waals surface area contributed by atoms with Crippen LogP contribution in [0.5, 0.6) is 0 Å². The van der Waals surface area contributed by atoms with Crippen LogP contribution in [0.4, 0.5) is 0 Å². The second-order valence-corrected chi connectivity index (χ2v) is 8.90. The van der Waals surface area contributed by atoms with Crippen LogP contribution in [0, 0.1) is 0 Å². The van der Waals surface area contributed by atoms with E-state index >= 15 is 0 Å². The second-order valence-electron chi connectivity index (χ2n) is 5.60. The smallest absolute Gasteiger partial charge is 0.240 e. The molecule has 24 heavy (non-hydrogen) atoms. The van der Waals surface area contributed by atoms with Crippen molar-refractivity contribution < 1.29 is 8.42 Å². The summed E-state index contributed by atoms with van der Waals surface area (Å²) in [6.45, 7) is 4.73. The number of thioether (sulfide) groups is 1. The van der Waals surface area contributed by atoms with E-state index in [0.29, 0.717) is 11.8 Å². The number of aliphatic imine (C=N–C) groups is 1. The van der Waals surface area contributed by atoms with Gasteiger partial charge in [0.1, 0.15) is 0 Å². The molecule has 1 aliphatic heterocycles. The van der Waals surface area contributed by atoms with Crippen LogP contribution >= 0.6 is 11.8 Å². The fourth-order valence-corrected chi connectivity index (χ4v) is 4.59. The second kappa shape index (κ2) is 8.73. The Balaban J connectivity index is 2.02. The summed E-state index contributed by atoms with van der Waals surface area (Å²) in [5, 5.41) is 3.99. The fourth-order valence-electron chi connectivity index (χ4n) is 2.61. The molecule has 0 amide bonds. The van der Waals surface area contributed by atoms with Gasteiger partial charge >= 0.3 is 0 Å². The summed E-state index contributed by atoms with van der Waals surface area (Å²) in [4.78, 5) is 6.93. The standard InChI is InChI=1S/C16H26N4O2S2/c1-4-14-12-20(8-9-23-14)16(17-2)19-11-13-6-5-7-15(10-13)24(21,22)18-3/h5-7,10,14,18H,4,8-9,11-12H2,1-3H3,(H,17,19). The predicted octanol–water partition coefficient (Wildman–Crippen LogP) is 1.50. The molecule has 0 spiro atoms. The highest BCUT2D eigenvalue weighted by Crippen LogP contribution is 2.21. The minimum Gasteiger partial charge on any atom is -0.352 e. The zero-order chi connectivity index (χ0) is 17.6. The van der Waals surface area contributed by atoms with Crippen molar-refractivity contribution in [3.05, 3.63) is 29.8 Å². The summed E-state index contributed by atoms with van der Waals surface area (Å²) in [7, 11) is -0.215. The van der Waals surface area contributed by atoms with Gasteiger partial charge in [0.2, 0.25) is 10.0 Å². The quantitative estimate of drug-likeness (QED) is 0.607. The van der Waals surface area contributed by atoms with E-state index in [1.807, 2.05) is 17.8 Å². The number of hydrogen-bond donors (Lipinski definition) is 2. The SMILES string of the molecule is CCC1CN(C(=NC)NCc2cccc(S(=O)(=O)NC)c2)CCS1. The molecule has 0 aromatic heterocycles. The van der Waals surface area contributed by atoms with Crippen LogP contribution in [-0.4, -0.2) is 57.5 Å². The maximum absolute atomic E-state index is 11.9. The van der Waals surface area contributed by atoms with E-state index in [1.165, 1.54) is 7.05 Å². The number of sulfonamides is 1. The minimum absolute atomic E-state index is 0.278. The van der Waals surface area contributed by atoms with E-state index in [2.05, 4.69) is 26.9 Å². The molecule has 1 heterocycles. The number of hydrogen-bond acceptors (Lipinski definition) is 4. The highest BCUT2D eigenvalue weighted by molar-refractivity contribution is 8.00. The molecule has 2 N–H and O–H groups in total. The van der Waals surface area contributed by atoms with E-state index in [-0.39, 0.29) is 4.90 Å². The van der Waals surface area contributed by atoms with Crippen molar-refractivity contribution in [1.82, 2.24) is 14.9 Å². The van der Waals surface area contributed by atoms with Crippen LogP contribution in [0.2, 0.25) is 0 Å². The van der Waals surface area contributed by atoms with Crippen molar-refractivity contribution >= 4 is 27.7 Å². The average Bonchev–Trinajstić information content (AvgIpc) is 2.62. The van der Waals surface area contributed by atoms with Crippen molar-refractivity contribution in [2.75, 3.05) is 32.9 Å². The van der Waals surface area contributed by atoms with Gasteiger partial charge in [-0.2, -0.15) is 11.8 Å². The van der Waals surface area contributed by atoms with Crippen LogP contribution in [0.25, 0.3) is 0 Å². The Labute approximate surface area is 149 Å². The molecule has 1 aromatic rings. The average molecular weight is 371 g/mol. The van der Waals surface area contributed by atoms with E-state index < -0.39 is 10.0 Å². The van der Waals surface area contributed by atoms with Crippen molar-refractivity contribution in [2.24, 2.45) is 4.99 Å². The molecule has 8 heteroatoms. The van der Waals surface area contributed by atoms with Gasteiger partial charge in [-0.25, -0.2) is 13.1 Å². The summed E-state index contributed by atoms with van der Waals surface area (Å²) in [5.74, 6) is 1.98. The van der Waals surface area contributed by atoms with Crippen LogP contribution in [-0.2, 0) is 16.6 Å². The third-order valence-electron chi connectivity index (χ3n) is 4.03. The van der Waals surface area contributed by atoms with Crippen molar-refractivity contribution in [3.63, 3.8) is 0 Å². The molecule has 0 saturated carbocycles. The number of nitrogens with zero attached hydrogens (tertiary/aromatic N) is 2. The summed E-state index contributed by atoms with van der Waals surface area (Å²) in [5.41, 5.74) is 0.908. The van der Waals surface area contributed by atoms with Crippen molar-refractivity contribution in [2.45, 2.75) is 30.0 Å². The minimum atomic E-state index is -3.42. The van der Waals surface area contributed by atoms with E-state index in [9.17, 15) is 8.42 Å². The van der Waals surface area contributed by atoms with Crippen molar-refractivity contribution in [3.8, 4) is 0 Å². The molecule has 1 saturated heterocycles. The Morgan fingerprint density at radius 3 is 2.92 bits per heavy atom. The topological polar surface area (TPSA) is 73.8 Å². The van der Waals surface area contributed by atoms with Gasteiger partial charge in [-0.3, -0.25) is 4.99 Å². The molecule has 0 radical (unpaired) electrons. The monoisotopic (exact) mass is 370 g/mol. The van der Waals surface area contributed by atoms with Crippen LogP contribution in [0.1, 0.15) is 18.9 Å². The van der Waals surface area contributed by atoms with Crippen LogP contribution < -0.4 is 10.0 Å². The van der Waals surface area contributed by atoms with Gasteiger partial charge < -0.3 is 10.2 Å². The lowest BCUT2D eigenvalue weighted by molar-refractivity contribution is 0.408. The Bertz CT molecular complexity index is 676. The molecule has 0 bridgehead atoms. The zero-order valence-corrected chi connectivity index (χ0v) is 16.1. The molecule has 1 atom stereocenters. The summed E-state index contributed by atoms with van der Waals surface area (Å²) in [6, 6.07) is 6.95. The maximum atomic E-state index is 11.9. The largest absolute Gasteiger partial charge is 0.352 e. The molecule has 1 unspecified atom stereocenters. The number of rotatable bonds is 5. The van der Waals surface area contributed by atoms with Gasteiger partial charge in [0.05, 0.1) is 4.90 Å². The third-order valence-corrected chi connectivity index (χ3v) is 6.82. The molecule has 134 valence electrons. The molecule has 1 fully saturated rings. The number of benzene rings is 1. The Morgan fingerprint density at radius 1 is 1.46 bits per heavy atom. The fraction of sp³-hybridized carbons (Fsp3) is 0.562. The number of nitrogens with one attached hydrogen (secondary N) is 2. The third kappa shape index (κ3) is 4.87. The van der Waals surface area contributed by atoms with Crippen LogP contribution in [0.3, 0.4) is 0 Å². The molecular weight excluding hydrogens is 344 g/mol. The zero-order valence-electron chi connectivity index (χ0n) is 14.4. The lowest BCUT2D eigenvalue weighted by atomic mass is 10.2. The van der Waals surface area contributed by atoms with Gasteiger partial charge in [0.25, 0.3) is 0 Å². The van der Waals surface area contributed by atoms with E-state index in [4.69, 9.17) is 0 Å². The normalized spacial score (nSPS) is 19.4. The van der Waals surface area contributed by atoms with Gasteiger partial charge in [0, 0.05) is 37.7 Å². The molecule has 1 aromatic carbocycles. The molecule has 6 nitrogen and oxygen atoms in total. The number of guanidine groups is 1. The Kier molecular flexibility index (Phi) is 6.94. The predicted molar refractivity (Wildman–Crippen MR) is 101 cm³/mol. The lowest BCUT2D eigenvalue weighted by Gasteiger charge is -2.34. The first-order chi connectivity index (χ1) is 11.5. The first kappa shape index (κ1) is 19.1. The van der Waals surface area contributed by atoms with Crippen molar-refractivity contribution in [1.29, 1.82) is 0 Å². The van der Waals surface area contributed by atoms with Gasteiger partial charge in [-0.05, 0) is 31.2 Å². The summed E-state index contributed by atoms with van der Waals surface area (Å²) >= 11 is 2.02. The molecule has 1 aliphatic rings. The lowest BCUT2D eigenvalue weighted by Crippen LogP contribution is -2.47. The maximum Gasteiger partial charge on any atom is 0.240 e. The van der Waals surface area contributed by atoms with Crippen LogP contribution in [0.15, 0.2) is 34.2 Å². The highest BCUT2D eigenvalue weighted by Gasteiger charge is 2.21. The van der Waals surface area contributed by atoms with Gasteiger partial charge in [-0.15, -0.1) is 0 Å². The highest BCUT2D eigenvalue weighted by atomic mass is 32.2. The molecular formula is C16H26N4O2S2.